The third-order valence-corrected chi connectivity index (χ3v) is 3.93. The molecule has 0 atom stereocenters. The Kier molecular flexibility index (Phi) is 6.60. The highest BCUT2D eigenvalue weighted by Crippen LogP contribution is 2.26. The Balaban J connectivity index is 1.86. The predicted molar refractivity (Wildman–Crippen MR) is 90.3 cm³/mol. The van der Waals surface area contributed by atoms with Crippen molar-refractivity contribution in [3.63, 3.8) is 0 Å². The van der Waals surface area contributed by atoms with E-state index < -0.39 is 11.8 Å². The summed E-state index contributed by atoms with van der Waals surface area (Å²) in [6, 6.07) is 5.31. The summed E-state index contributed by atoms with van der Waals surface area (Å²) in [4.78, 5) is 23.6. The number of nitrogens with zero attached hydrogens (tertiary/aromatic N) is 1. The molecule has 2 amide bonds. The Labute approximate surface area is 141 Å². The second-order valence-corrected chi connectivity index (χ2v) is 5.62. The molecule has 2 rings (SSSR count). The fraction of sp³-hybridized carbons (Fsp3) is 0.471. The van der Waals surface area contributed by atoms with Gasteiger partial charge in [0.1, 0.15) is 0 Å². The lowest BCUT2D eigenvalue weighted by Gasteiger charge is -2.22. The summed E-state index contributed by atoms with van der Waals surface area (Å²) in [5.41, 5.74) is 2.94. The molecule has 1 saturated carbocycles. The van der Waals surface area contributed by atoms with Gasteiger partial charge in [-0.2, -0.15) is 5.10 Å². The van der Waals surface area contributed by atoms with Gasteiger partial charge in [-0.3, -0.25) is 9.59 Å². The highest BCUT2D eigenvalue weighted by Gasteiger charge is 2.19. The average molecular weight is 333 g/mol. The molecule has 130 valence electrons. The van der Waals surface area contributed by atoms with Gasteiger partial charge >= 0.3 is 11.8 Å². The monoisotopic (exact) mass is 333 g/mol. The van der Waals surface area contributed by atoms with Gasteiger partial charge in [0.2, 0.25) is 0 Å². The Morgan fingerprint density at radius 2 is 1.79 bits per heavy atom. The first-order valence-electron chi connectivity index (χ1n) is 8.00. The second-order valence-electron chi connectivity index (χ2n) is 5.62. The lowest BCUT2D eigenvalue weighted by atomic mass is 9.95. The van der Waals surface area contributed by atoms with E-state index in [1.54, 1.807) is 25.3 Å². The van der Waals surface area contributed by atoms with Crippen molar-refractivity contribution in [1.29, 1.82) is 0 Å². The molecule has 1 aliphatic rings. The number of ether oxygens (including phenoxy) is 2. The first kappa shape index (κ1) is 17.8. The quantitative estimate of drug-likeness (QED) is 0.487. The Morgan fingerprint density at radius 3 is 2.46 bits per heavy atom. The molecule has 0 radical (unpaired) electrons. The number of methoxy groups -OCH3 is 2. The van der Waals surface area contributed by atoms with E-state index in [1.165, 1.54) is 19.7 Å². The van der Waals surface area contributed by atoms with Crippen LogP contribution < -0.4 is 20.2 Å². The number of rotatable bonds is 5. The zero-order valence-corrected chi connectivity index (χ0v) is 14.0. The van der Waals surface area contributed by atoms with Crippen molar-refractivity contribution < 1.29 is 19.1 Å². The largest absolute Gasteiger partial charge is 0.493 e. The number of nitrogens with one attached hydrogen (secondary N) is 2. The van der Waals surface area contributed by atoms with Gasteiger partial charge in [-0.05, 0) is 36.6 Å². The van der Waals surface area contributed by atoms with E-state index in [1.807, 2.05) is 0 Å². The van der Waals surface area contributed by atoms with E-state index in [2.05, 4.69) is 15.8 Å². The predicted octanol–water partition coefficient (Wildman–Crippen LogP) is 1.60. The molecular weight excluding hydrogens is 310 g/mol. The minimum Gasteiger partial charge on any atom is -0.493 e. The molecule has 1 aromatic rings. The zero-order valence-electron chi connectivity index (χ0n) is 14.0. The van der Waals surface area contributed by atoms with Crippen molar-refractivity contribution in [1.82, 2.24) is 10.7 Å². The van der Waals surface area contributed by atoms with Crippen LogP contribution in [0.1, 0.15) is 37.7 Å². The summed E-state index contributed by atoms with van der Waals surface area (Å²) in [5.74, 6) is -0.253. The van der Waals surface area contributed by atoms with E-state index in [4.69, 9.17) is 9.47 Å². The van der Waals surface area contributed by atoms with Crippen molar-refractivity contribution >= 4 is 18.0 Å². The second kappa shape index (κ2) is 8.90. The maximum atomic E-state index is 11.8. The fourth-order valence-electron chi connectivity index (χ4n) is 2.65. The summed E-state index contributed by atoms with van der Waals surface area (Å²) in [5, 5.41) is 6.54. The molecule has 0 saturated heterocycles. The first-order chi connectivity index (χ1) is 11.6. The number of benzene rings is 1. The SMILES string of the molecule is COc1ccc(/C=N\NC(=O)C(=O)NC2CCCCC2)cc1OC. The van der Waals surface area contributed by atoms with Crippen LogP contribution in [0, 0.1) is 0 Å². The van der Waals surface area contributed by atoms with Crippen molar-refractivity contribution in [2.75, 3.05) is 14.2 Å². The highest BCUT2D eigenvalue weighted by molar-refractivity contribution is 6.35. The summed E-state index contributed by atoms with van der Waals surface area (Å²) in [7, 11) is 3.09. The molecule has 1 aromatic carbocycles. The molecule has 0 unspecified atom stereocenters. The Bertz CT molecular complexity index is 610. The number of carbonyl (C=O) groups is 2. The summed E-state index contributed by atoms with van der Waals surface area (Å²) >= 11 is 0. The minimum absolute atomic E-state index is 0.0897. The maximum absolute atomic E-state index is 11.8. The lowest BCUT2D eigenvalue weighted by molar-refractivity contribution is -0.139. The van der Waals surface area contributed by atoms with E-state index in [9.17, 15) is 9.59 Å². The molecule has 0 heterocycles. The molecule has 0 bridgehead atoms. The Morgan fingerprint density at radius 1 is 1.08 bits per heavy atom. The van der Waals surface area contributed by atoms with Gasteiger partial charge in [-0.25, -0.2) is 5.43 Å². The molecule has 1 aliphatic carbocycles. The maximum Gasteiger partial charge on any atom is 0.329 e. The number of carbonyl (C=O) groups excluding carboxylic acids is 2. The molecule has 0 spiro atoms. The summed E-state index contributed by atoms with van der Waals surface area (Å²) in [6.07, 6.45) is 6.65. The third kappa shape index (κ3) is 4.97. The molecular formula is C17H23N3O4. The number of hydrogen-bond acceptors (Lipinski definition) is 5. The van der Waals surface area contributed by atoms with E-state index in [0.717, 1.165) is 25.7 Å². The molecule has 24 heavy (non-hydrogen) atoms. The first-order valence-corrected chi connectivity index (χ1v) is 8.00. The Hall–Kier alpha value is -2.57. The van der Waals surface area contributed by atoms with Gasteiger partial charge in [0.05, 0.1) is 20.4 Å². The fourth-order valence-corrected chi connectivity index (χ4v) is 2.65. The minimum atomic E-state index is -0.766. The van der Waals surface area contributed by atoms with Crippen LogP contribution in [0.3, 0.4) is 0 Å². The van der Waals surface area contributed by atoms with Crippen LogP contribution >= 0.6 is 0 Å². The number of hydrazone groups is 1. The summed E-state index contributed by atoms with van der Waals surface area (Å²) < 4.78 is 10.3. The molecule has 1 fully saturated rings. The molecule has 2 N–H and O–H groups in total. The van der Waals surface area contributed by atoms with Gasteiger partial charge in [0, 0.05) is 6.04 Å². The molecule has 7 heteroatoms. The smallest absolute Gasteiger partial charge is 0.329 e. The molecule has 0 aliphatic heterocycles. The van der Waals surface area contributed by atoms with Gasteiger partial charge < -0.3 is 14.8 Å². The van der Waals surface area contributed by atoms with Gasteiger partial charge in [0.25, 0.3) is 0 Å². The van der Waals surface area contributed by atoms with Crippen molar-refractivity contribution in [2.24, 2.45) is 5.10 Å². The van der Waals surface area contributed by atoms with Crippen molar-refractivity contribution in [3.8, 4) is 11.5 Å². The lowest BCUT2D eigenvalue weighted by Crippen LogP contribution is -2.44. The number of hydrogen-bond donors (Lipinski definition) is 2. The van der Waals surface area contributed by atoms with Crippen LogP contribution in [-0.2, 0) is 9.59 Å². The van der Waals surface area contributed by atoms with Gasteiger partial charge in [-0.15, -0.1) is 0 Å². The zero-order chi connectivity index (χ0) is 17.4. The van der Waals surface area contributed by atoms with E-state index >= 15 is 0 Å². The van der Waals surface area contributed by atoms with Crippen LogP contribution in [-0.4, -0.2) is 38.3 Å². The highest BCUT2D eigenvalue weighted by atomic mass is 16.5. The third-order valence-electron chi connectivity index (χ3n) is 3.93. The van der Waals surface area contributed by atoms with Crippen LogP contribution in [0.4, 0.5) is 0 Å². The van der Waals surface area contributed by atoms with E-state index in [0.29, 0.717) is 17.1 Å². The van der Waals surface area contributed by atoms with Crippen LogP contribution in [0.15, 0.2) is 23.3 Å². The molecule has 7 nitrogen and oxygen atoms in total. The van der Waals surface area contributed by atoms with Gasteiger partial charge in [0.15, 0.2) is 11.5 Å². The number of amides is 2. The van der Waals surface area contributed by atoms with E-state index in [-0.39, 0.29) is 6.04 Å². The van der Waals surface area contributed by atoms with Crippen LogP contribution in [0.25, 0.3) is 0 Å². The van der Waals surface area contributed by atoms with Crippen molar-refractivity contribution in [2.45, 2.75) is 38.1 Å². The van der Waals surface area contributed by atoms with Crippen LogP contribution in [0.2, 0.25) is 0 Å². The average Bonchev–Trinajstić information content (AvgIpc) is 2.62. The van der Waals surface area contributed by atoms with Crippen LogP contribution in [0.5, 0.6) is 11.5 Å². The van der Waals surface area contributed by atoms with Gasteiger partial charge in [-0.1, -0.05) is 19.3 Å². The normalized spacial score (nSPS) is 15.1. The molecule has 0 aromatic heterocycles. The summed E-state index contributed by atoms with van der Waals surface area (Å²) in [6.45, 7) is 0. The van der Waals surface area contributed by atoms with Crippen molar-refractivity contribution in [3.05, 3.63) is 23.8 Å². The topological polar surface area (TPSA) is 89.0 Å². The standard InChI is InChI=1S/C17H23N3O4/c1-23-14-9-8-12(10-15(14)24-2)11-18-20-17(22)16(21)19-13-6-4-3-5-7-13/h8-11,13H,3-7H2,1-2H3,(H,19,21)(H,20,22)/b18-11-.